The molecule has 154 valence electrons. The zero-order valence-corrected chi connectivity index (χ0v) is 17.6. The highest BCUT2D eigenvalue weighted by atomic mass is 16.1. The lowest BCUT2D eigenvalue weighted by Crippen LogP contribution is -2.29. The number of rotatable bonds is 4. The van der Waals surface area contributed by atoms with Gasteiger partial charge in [-0.1, -0.05) is 12.8 Å². The molecule has 0 saturated carbocycles. The van der Waals surface area contributed by atoms with Gasteiger partial charge in [-0.3, -0.25) is 9.36 Å². The largest absolute Gasteiger partial charge is 0.372 e. The lowest BCUT2D eigenvalue weighted by atomic mass is 10.1. The summed E-state index contributed by atoms with van der Waals surface area (Å²) in [5, 5.41) is 4.07. The number of pyridine rings is 1. The van der Waals surface area contributed by atoms with E-state index in [1.807, 2.05) is 26.0 Å². The highest BCUT2D eigenvalue weighted by Crippen LogP contribution is 2.23. The number of piperidine rings is 1. The summed E-state index contributed by atoms with van der Waals surface area (Å²) in [4.78, 5) is 24.0. The fourth-order valence-corrected chi connectivity index (χ4v) is 3.82. The lowest BCUT2D eigenvalue weighted by Gasteiger charge is -2.28. The first-order valence-corrected chi connectivity index (χ1v) is 10.6. The van der Waals surface area contributed by atoms with Crippen LogP contribution in [0.2, 0.25) is 0 Å². The minimum atomic E-state index is -0.257. The Labute approximate surface area is 177 Å². The van der Waals surface area contributed by atoms with Gasteiger partial charge in [0.15, 0.2) is 0 Å². The highest BCUT2D eigenvalue weighted by Gasteiger charge is 2.12. The zero-order chi connectivity index (χ0) is 20.9. The molecule has 0 aliphatic carbocycles. The summed E-state index contributed by atoms with van der Waals surface area (Å²) < 4.78 is 1.63. The van der Waals surface area contributed by atoms with Crippen LogP contribution in [0.15, 0.2) is 47.4 Å². The average molecular weight is 402 g/mol. The zero-order valence-electron chi connectivity index (χ0n) is 17.6. The minimum absolute atomic E-state index is 0.115. The number of anilines is 3. The van der Waals surface area contributed by atoms with Crippen LogP contribution < -0.4 is 15.8 Å². The first kappa shape index (κ1) is 20.0. The standard InChI is InChI=1S/C24H27N5O/c1-3-4-8-18(2)29-22(30)14-9-19-17-25-24(27-23(19)29)26-20-10-12-21(13-11-20)28-15-6-5-7-16-28/h9-14,17-18H,3,5-7,15-16H2,1-2H3,(H,25,26,27). The van der Waals surface area contributed by atoms with Gasteiger partial charge in [0.2, 0.25) is 5.95 Å². The summed E-state index contributed by atoms with van der Waals surface area (Å²) in [5.74, 6) is 6.63. The summed E-state index contributed by atoms with van der Waals surface area (Å²) in [6, 6.07) is 11.4. The Morgan fingerprint density at radius 1 is 1.10 bits per heavy atom. The van der Waals surface area contributed by atoms with Gasteiger partial charge in [-0.25, -0.2) is 4.98 Å². The molecule has 1 N–H and O–H groups in total. The van der Waals surface area contributed by atoms with E-state index in [-0.39, 0.29) is 11.6 Å². The maximum atomic E-state index is 12.5. The number of hydrogen-bond donors (Lipinski definition) is 1. The molecule has 1 aromatic carbocycles. The first-order valence-electron chi connectivity index (χ1n) is 10.6. The number of fused-ring (bicyclic) bond motifs is 1. The Morgan fingerprint density at radius 3 is 2.60 bits per heavy atom. The van der Waals surface area contributed by atoms with Crippen LogP contribution in [-0.4, -0.2) is 27.6 Å². The second kappa shape index (κ2) is 9.00. The number of hydrogen-bond acceptors (Lipinski definition) is 5. The number of nitrogens with zero attached hydrogens (tertiary/aromatic N) is 4. The molecule has 30 heavy (non-hydrogen) atoms. The van der Waals surface area contributed by atoms with Crippen molar-refractivity contribution in [2.45, 2.75) is 45.6 Å². The fourth-order valence-electron chi connectivity index (χ4n) is 3.82. The molecule has 0 radical (unpaired) electrons. The van der Waals surface area contributed by atoms with Gasteiger partial charge in [-0.2, -0.15) is 4.98 Å². The second-order valence-electron chi connectivity index (χ2n) is 7.58. The van der Waals surface area contributed by atoms with E-state index < -0.39 is 0 Å². The molecule has 1 saturated heterocycles. The van der Waals surface area contributed by atoms with Gasteiger partial charge in [0.25, 0.3) is 5.56 Å². The quantitative estimate of drug-likeness (QED) is 0.652. The Hall–Kier alpha value is -3.33. The van der Waals surface area contributed by atoms with Crippen molar-refractivity contribution in [3.8, 4) is 11.8 Å². The SMILES string of the molecule is CCC#CC(C)n1c(=O)ccc2cnc(Nc3ccc(N4CCCCC4)cc3)nc21. The normalized spacial score (nSPS) is 14.8. The summed E-state index contributed by atoms with van der Waals surface area (Å²) in [6.45, 7) is 6.15. The minimum Gasteiger partial charge on any atom is -0.372 e. The van der Waals surface area contributed by atoms with E-state index in [1.165, 1.54) is 24.9 Å². The third-order valence-electron chi connectivity index (χ3n) is 5.39. The average Bonchev–Trinajstić information content (AvgIpc) is 2.78. The predicted molar refractivity (Wildman–Crippen MR) is 122 cm³/mol. The number of nitrogens with one attached hydrogen (secondary N) is 1. The van der Waals surface area contributed by atoms with Crippen molar-refractivity contribution >= 4 is 28.4 Å². The van der Waals surface area contributed by atoms with Crippen LogP contribution in [0.25, 0.3) is 11.0 Å². The number of aromatic nitrogens is 3. The summed E-state index contributed by atoms with van der Waals surface area (Å²) in [5.41, 5.74) is 2.63. The molecule has 6 heteroatoms. The van der Waals surface area contributed by atoms with Crippen LogP contribution in [-0.2, 0) is 0 Å². The van der Waals surface area contributed by atoms with Gasteiger partial charge < -0.3 is 10.2 Å². The van der Waals surface area contributed by atoms with Gasteiger partial charge in [0, 0.05) is 48.5 Å². The van der Waals surface area contributed by atoms with Gasteiger partial charge in [0.05, 0.1) is 6.04 Å². The molecular weight excluding hydrogens is 374 g/mol. The van der Waals surface area contributed by atoms with Gasteiger partial charge in [0.1, 0.15) is 5.65 Å². The highest BCUT2D eigenvalue weighted by molar-refractivity contribution is 5.76. The van der Waals surface area contributed by atoms with Crippen LogP contribution in [0.5, 0.6) is 0 Å². The van der Waals surface area contributed by atoms with Gasteiger partial charge in [-0.05, 0) is 56.5 Å². The van der Waals surface area contributed by atoms with E-state index in [0.29, 0.717) is 11.6 Å². The molecule has 1 fully saturated rings. The van der Waals surface area contributed by atoms with Crippen molar-refractivity contribution in [3.05, 3.63) is 52.9 Å². The first-order chi connectivity index (χ1) is 14.7. The number of benzene rings is 1. The topological polar surface area (TPSA) is 63.1 Å². The third-order valence-corrected chi connectivity index (χ3v) is 5.39. The van der Waals surface area contributed by atoms with E-state index in [4.69, 9.17) is 0 Å². The summed E-state index contributed by atoms with van der Waals surface area (Å²) >= 11 is 0. The van der Waals surface area contributed by atoms with Crippen LogP contribution in [0.4, 0.5) is 17.3 Å². The fraction of sp³-hybridized carbons (Fsp3) is 0.375. The van der Waals surface area contributed by atoms with Crippen LogP contribution >= 0.6 is 0 Å². The molecule has 0 spiro atoms. The molecule has 6 nitrogen and oxygen atoms in total. The lowest BCUT2D eigenvalue weighted by molar-refractivity contribution is 0.578. The van der Waals surface area contributed by atoms with E-state index in [0.717, 1.165) is 30.6 Å². The molecule has 3 aromatic rings. The van der Waals surface area contributed by atoms with Gasteiger partial charge >= 0.3 is 0 Å². The molecule has 1 aliphatic rings. The van der Waals surface area contributed by atoms with Crippen molar-refractivity contribution in [1.82, 2.24) is 14.5 Å². The monoisotopic (exact) mass is 401 g/mol. The van der Waals surface area contributed by atoms with Crippen molar-refractivity contribution in [2.24, 2.45) is 0 Å². The summed E-state index contributed by atoms with van der Waals surface area (Å²) in [7, 11) is 0. The predicted octanol–water partition coefficient (Wildman–Crippen LogP) is 4.50. The van der Waals surface area contributed by atoms with E-state index in [2.05, 4.69) is 44.2 Å². The van der Waals surface area contributed by atoms with Crippen LogP contribution in [0, 0.1) is 11.8 Å². The Balaban J connectivity index is 1.61. The van der Waals surface area contributed by atoms with E-state index in [1.54, 1.807) is 22.9 Å². The van der Waals surface area contributed by atoms with E-state index >= 15 is 0 Å². The molecule has 1 aliphatic heterocycles. The molecule has 0 bridgehead atoms. The van der Waals surface area contributed by atoms with Crippen LogP contribution in [0.3, 0.4) is 0 Å². The molecule has 0 amide bonds. The van der Waals surface area contributed by atoms with E-state index in [9.17, 15) is 4.79 Å². The second-order valence-corrected chi connectivity index (χ2v) is 7.58. The Kier molecular flexibility index (Phi) is 5.99. The smallest absolute Gasteiger partial charge is 0.253 e. The van der Waals surface area contributed by atoms with Gasteiger partial charge in [-0.15, -0.1) is 5.92 Å². The third kappa shape index (κ3) is 4.30. The molecule has 2 aromatic heterocycles. The Bertz CT molecular complexity index is 1130. The van der Waals surface area contributed by atoms with Crippen molar-refractivity contribution in [3.63, 3.8) is 0 Å². The molecule has 1 unspecified atom stereocenters. The van der Waals surface area contributed by atoms with Crippen molar-refractivity contribution in [2.75, 3.05) is 23.3 Å². The summed E-state index contributed by atoms with van der Waals surface area (Å²) in [6.07, 6.45) is 6.33. The maximum Gasteiger partial charge on any atom is 0.253 e. The van der Waals surface area contributed by atoms with Crippen molar-refractivity contribution in [1.29, 1.82) is 0 Å². The van der Waals surface area contributed by atoms with Crippen molar-refractivity contribution < 1.29 is 0 Å². The Morgan fingerprint density at radius 2 is 1.87 bits per heavy atom. The molecule has 3 heterocycles. The molecular formula is C24H27N5O. The molecule has 1 atom stereocenters. The maximum absolute atomic E-state index is 12.5. The van der Waals surface area contributed by atoms with Crippen LogP contribution in [0.1, 0.15) is 45.6 Å². The molecule has 4 rings (SSSR count).